The van der Waals surface area contributed by atoms with Crippen LogP contribution >= 0.6 is 11.6 Å². The number of anilines is 1. The molecular formula is C12H12ClN3O. The molecule has 2 rings (SSSR count). The Kier molecular flexibility index (Phi) is 3.44. The van der Waals surface area contributed by atoms with Gasteiger partial charge in [0, 0.05) is 23.8 Å². The Labute approximate surface area is 105 Å². The molecule has 0 unspecified atom stereocenters. The van der Waals surface area contributed by atoms with Crippen molar-refractivity contribution in [3.63, 3.8) is 0 Å². The molecule has 0 aliphatic heterocycles. The lowest BCUT2D eigenvalue weighted by molar-refractivity contribution is 0.458. The Morgan fingerprint density at radius 3 is 2.59 bits per heavy atom. The maximum absolute atomic E-state index is 5.80. The molecule has 0 atom stereocenters. The van der Waals surface area contributed by atoms with Crippen LogP contribution in [-0.4, -0.2) is 17.0 Å². The van der Waals surface area contributed by atoms with Gasteiger partial charge in [0.25, 0.3) is 0 Å². The van der Waals surface area contributed by atoms with E-state index in [0.717, 1.165) is 5.56 Å². The molecule has 0 amide bonds. The first-order valence-electron chi connectivity index (χ1n) is 5.14. The molecule has 0 fully saturated rings. The van der Waals surface area contributed by atoms with E-state index in [9.17, 15) is 0 Å². The summed E-state index contributed by atoms with van der Waals surface area (Å²) in [7, 11) is 1.76. The monoisotopic (exact) mass is 249 g/mol. The Morgan fingerprint density at radius 1 is 1.24 bits per heavy atom. The lowest BCUT2D eigenvalue weighted by Crippen LogP contribution is -1.99. The molecule has 0 saturated heterocycles. The standard InChI is InChI=1S/C12H12ClN3O/c1-8-7-15-12(14-2)16-11(8)17-10-5-3-9(13)4-6-10/h3-7H,1-2H3,(H,14,15,16). The van der Waals surface area contributed by atoms with Crippen LogP contribution < -0.4 is 10.1 Å². The molecule has 0 bridgehead atoms. The van der Waals surface area contributed by atoms with Crippen molar-refractivity contribution >= 4 is 17.5 Å². The second-order valence-electron chi connectivity index (χ2n) is 3.49. The van der Waals surface area contributed by atoms with Crippen molar-refractivity contribution in [2.45, 2.75) is 6.92 Å². The van der Waals surface area contributed by atoms with Gasteiger partial charge in [-0.25, -0.2) is 4.98 Å². The Balaban J connectivity index is 2.25. The summed E-state index contributed by atoms with van der Waals surface area (Å²) >= 11 is 5.80. The molecule has 88 valence electrons. The van der Waals surface area contributed by atoms with Gasteiger partial charge in [0.05, 0.1) is 0 Å². The van der Waals surface area contributed by atoms with Crippen LogP contribution in [0.2, 0.25) is 5.02 Å². The van der Waals surface area contributed by atoms with Gasteiger partial charge in [-0.05, 0) is 31.2 Å². The molecule has 5 heteroatoms. The summed E-state index contributed by atoms with van der Waals surface area (Å²) < 4.78 is 5.66. The number of halogens is 1. The van der Waals surface area contributed by atoms with Gasteiger partial charge in [-0.2, -0.15) is 4.98 Å². The number of nitrogens with zero attached hydrogens (tertiary/aromatic N) is 2. The van der Waals surface area contributed by atoms with Crippen molar-refractivity contribution in [3.8, 4) is 11.6 Å². The molecule has 1 heterocycles. The molecule has 1 N–H and O–H groups in total. The van der Waals surface area contributed by atoms with E-state index >= 15 is 0 Å². The first-order valence-corrected chi connectivity index (χ1v) is 5.51. The third kappa shape index (κ3) is 2.85. The number of rotatable bonds is 3. The van der Waals surface area contributed by atoms with Gasteiger partial charge in [-0.15, -0.1) is 0 Å². The third-order valence-electron chi connectivity index (χ3n) is 2.18. The van der Waals surface area contributed by atoms with Crippen molar-refractivity contribution in [1.82, 2.24) is 9.97 Å². The summed E-state index contributed by atoms with van der Waals surface area (Å²) in [6.45, 7) is 1.89. The number of nitrogens with one attached hydrogen (secondary N) is 1. The fourth-order valence-electron chi connectivity index (χ4n) is 1.26. The summed E-state index contributed by atoms with van der Waals surface area (Å²) in [6.07, 6.45) is 1.71. The summed E-state index contributed by atoms with van der Waals surface area (Å²) in [6, 6.07) is 7.13. The lowest BCUT2D eigenvalue weighted by atomic mass is 10.3. The largest absolute Gasteiger partial charge is 0.439 e. The number of hydrogen-bond acceptors (Lipinski definition) is 4. The van der Waals surface area contributed by atoms with E-state index in [1.165, 1.54) is 0 Å². The third-order valence-corrected chi connectivity index (χ3v) is 2.43. The van der Waals surface area contributed by atoms with Crippen LogP contribution in [0.3, 0.4) is 0 Å². The fraction of sp³-hybridized carbons (Fsp3) is 0.167. The van der Waals surface area contributed by atoms with Crippen molar-refractivity contribution in [2.75, 3.05) is 12.4 Å². The van der Waals surface area contributed by atoms with Crippen molar-refractivity contribution in [1.29, 1.82) is 0 Å². The van der Waals surface area contributed by atoms with Crippen molar-refractivity contribution in [2.24, 2.45) is 0 Å². The molecule has 0 aliphatic rings. The van der Waals surface area contributed by atoms with E-state index < -0.39 is 0 Å². The van der Waals surface area contributed by atoms with Crippen molar-refractivity contribution in [3.05, 3.63) is 41.0 Å². The van der Waals surface area contributed by atoms with E-state index in [2.05, 4.69) is 15.3 Å². The second kappa shape index (κ2) is 5.01. The quantitative estimate of drug-likeness (QED) is 0.907. The molecular weight excluding hydrogens is 238 g/mol. The highest BCUT2D eigenvalue weighted by Crippen LogP contribution is 2.24. The normalized spacial score (nSPS) is 10.1. The van der Waals surface area contributed by atoms with Gasteiger partial charge in [-0.1, -0.05) is 11.6 Å². The number of benzene rings is 1. The maximum atomic E-state index is 5.80. The lowest BCUT2D eigenvalue weighted by Gasteiger charge is -2.08. The SMILES string of the molecule is CNc1ncc(C)c(Oc2ccc(Cl)cc2)n1. The van der Waals surface area contributed by atoms with Gasteiger partial charge < -0.3 is 10.1 Å². The molecule has 0 saturated carbocycles. The van der Waals surface area contributed by atoms with Crippen molar-refractivity contribution < 1.29 is 4.74 Å². The van der Waals surface area contributed by atoms with Crippen LogP contribution in [0.5, 0.6) is 11.6 Å². The Hall–Kier alpha value is -1.81. The first kappa shape index (κ1) is 11.7. The highest BCUT2D eigenvalue weighted by Gasteiger charge is 2.05. The van der Waals surface area contributed by atoms with Crippen LogP contribution in [0.1, 0.15) is 5.56 Å². The number of ether oxygens (including phenoxy) is 1. The summed E-state index contributed by atoms with van der Waals surface area (Å²) in [5, 5.41) is 3.54. The highest BCUT2D eigenvalue weighted by molar-refractivity contribution is 6.30. The van der Waals surface area contributed by atoms with E-state index in [1.807, 2.05) is 6.92 Å². The number of aromatic nitrogens is 2. The van der Waals surface area contributed by atoms with E-state index in [1.54, 1.807) is 37.5 Å². The number of hydrogen-bond donors (Lipinski definition) is 1. The summed E-state index contributed by atoms with van der Waals surface area (Å²) in [5.41, 5.74) is 0.874. The molecule has 4 nitrogen and oxygen atoms in total. The number of aryl methyl sites for hydroxylation is 1. The molecule has 1 aromatic heterocycles. The highest BCUT2D eigenvalue weighted by atomic mass is 35.5. The molecule has 0 spiro atoms. The average molecular weight is 250 g/mol. The first-order chi connectivity index (χ1) is 8.19. The molecule has 0 aliphatic carbocycles. The molecule has 1 aromatic carbocycles. The minimum Gasteiger partial charge on any atom is -0.439 e. The van der Waals surface area contributed by atoms with E-state index in [-0.39, 0.29) is 0 Å². The van der Waals surface area contributed by atoms with E-state index in [0.29, 0.717) is 22.6 Å². The smallest absolute Gasteiger partial charge is 0.226 e. The van der Waals surface area contributed by atoms with Crippen LogP contribution in [0, 0.1) is 6.92 Å². The average Bonchev–Trinajstić information content (AvgIpc) is 2.35. The van der Waals surface area contributed by atoms with Crippen LogP contribution in [0.4, 0.5) is 5.95 Å². The minimum absolute atomic E-state index is 0.527. The predicted octanol–water partition coefficient (Wildman–Crippen LogP) is 3.27. The predicted molar refractivity (Wildman–Crippen MR) is 67.8 cm³/mol. The van der Waals surface area contributed by atoms with Crippen LogP contribution in [-0.2, 0) is 0 Å². The van der Waals surface area contributed by atoms with Gasteiger partial charge in [0.15, 0.2) is 0 Å². The van der Waals surface area contributed by atoms with Crippen LogP contribution in [0.15, 0.2) is 30.5 Å². The molecule has 0 radical (unpaired) electrons. The van der Waals surface area contributed by atoms with Gasteiger partial charge in [-0.3, -0.25) is 0 Å². The zero-order valence-corrected chi connectivity index (χ0v) is 10.3. The zero-order valence-electron chi connectivity index (χ0n) is 9.57. The van der Waals surface area contributed by atoms with Gasteiger partial charge in [0.1, 0.15) is 5.75 Å². The molecule has 2 aromatic rings. The van der Waals surface area contributed by atoms with Gasteiger partial charge >= 0.3 is 0 Å². The topological polar surface area (TPSA) is 47.0 Å². The zero-order chi connectivity index (χ0) is 12.3. The van der Waals surface area contributed by atoms with E-state index in [4.69, 9.17) is 16.3 Å². The molecule has 17 heavy (non-hydrogen) atoms. The fourth-order valence-corrected chi connectivity index (χ4v) is 1.39. The Morgan fingerprint density at radius 2 is 1.94 bits per heavy atom. The summed E-state index contributed by atoms with van der Waals surface area (Å²) in [5.74, 6) is 1.75. The maximum Gasteiger partial charge on any atom is 0.226 e. The van der Waals surface area contributed by atoms with Crippen LogP contribution in [0.25, 0.3) is 0 Å². The second-order valence-corrected chi connectivity index (χ2v) is 3.92. The Bertz CT molecular complexity index is 514. The summed E-state index contributed by atoms with van der Waals surface area (Å²) in [4.78, 5) is 8.32. The minimum atomic E-state index is 0.527. The van der Waals surface area contributed by atoms with Gasteiger partial charge in [0.2, 0.25) is 11.8 Å².